The van der Waals surface area contributed by atoms with Gasteiger partial charge in [0.05, 0.1) is 29.1 Å². The fourth-order valence-corrected chi connectivity index (χ4v) is 6.15. The van der Waals surface area contributed by atoms with Crippen molar-refractivity contribution in [3.05, 3.63) is 40.1 Å². The molecule has 3 fully saturated rings. The molecule has 170 valence electrons. The number of fused-ring (bicyclic) bond motifs is 3. The Kier molecular flexibility index (Phi) is 4.08. The van der Waals surface area contributed by atoms with Crippen molar-refractivity contribution in [2.75, 3.05) is 13.1 Å². The molecule has 2 saturated carbocycles. The molecule has 33 heavy (non-hydrogen) atoms. The van der Waals surface area contributed by atoms with Gasteiger partial charge in [-0.2, -0.15) is 10.2 Å². The molecule has 3 aromatic heterocycles. The molecular weight excluding hydrogens is 439 g/mol. The summed E-state index contributed by atoms with van der Waals surface area (Å²) in [5, 5.41) is 18.1. The lowest BCUT2D eigenvalue weighted by Crippen LogP contribution is -2.14. The van der Waals surface area contributed by atoms with E-state index < -0.39 is 0 Å². The highest BCUT2D eigenvalue weighted by Gasteiger charge is 2.56. The van der Waals surface area contributed by atoms with Crippen molar-refractivity contribution < 1.29 is 4.39 Å². The van der Waals surface area contributed by atoms with Crippen LogP contribution in [0.5, 0.6) is 0 Å². The van der Waals surface area contributed by atoms with Crippen LogP contribution in [0, 0.1) is 24.6 Å². The van der Waals surface area contributed by atoms with E-state index in [4.69, 9.17) is 21.7 Å². The maximum absolute atomic E-state index is 16.6. The number of hydrogen-bond donors (Lipinski definition) is 2. The highest BCUT2D eigenvalue weighted by molar-refractivity contribution is 6.32. The van der Waals surface area contributed by atoms with E-state index >= 15 is 4.39 Å². The topological polar surface area (TPSA) is 71.4 Å². The predicted octanol–water partition coefficient (Wildman–Crippen LogP) is 5.47. The molecule has 1 saturated heterocycles. The number of nitrogens with one attached hydrogen (secondary N) is 2. The molecule has 2 N–H and O–H groups in total. The zero-order valence-electron chi connectivity index (χ0n) is 18.9. The summed E-state index contributed by atoms with van der Waals surface area (Å²) in [6.07, 6.45) is 3.83. The van der Waals surface area contributed by atoms with Crippen LogP contribution in [0.1, 0.15) is 61.5 Å². The molecule has 1 unspecified atom stereocenters. The van der Waals surface area contributed by atoms with Crippen LogP contribution in [0.15, 0.2) is 12.3 Å². The van der Waals surface area contributed by atoms with Gasteiger partial charge in [0, 0.05) is 27.3 Å². The number of halogens is 2. The first kappa shape index (κ1) is 19.9. The molecule has 0 spiro atoms. The lowest BCUT2D eigenvalue weighted by molar-refractivity contribution is 0.593. The van der Waals surface area contributed by atoms with Gasteiger partial charge in [0.15, 0.2) is 5.82 Å². The van der Waals surface area contributed by atoms with E-state index in [1.165, 1.54) is 0 Å². The molecule has 8 heteroatoms. The maximum Gasteiger partial charge on any atom is 0.175 e. The Morgan fingerprint density at radius 3 is 2.67 bits per heavy atom. The molecule has 4 heterocycles. The molecule has 3 atom stereocenters. The average molecular weight is 465 g/mol. The molecule has 7 rings (SSSR count). The third kappa shape index (κ3) is 2.72. The summed E-state index contributed by atoms with van der Waals surface area (Å²) in [4.78, 5) is 5.02. The van der Waals surface area contributed by atoms with Gasteiger partial charge in [-0.15, -0.1) is 0 Å². The first-order chi connectivity index (χ1) is 16.0. The zero-order valence-corrected chi connectivity index (χ0v) is 19.7. The second kappa shape index (κ2) is 6.76. The third-order valence-corrected chi connectivity index (χ3v) is 8.26. The summed E-state index contributed by atoms with van der Waals surface area (Å²) in [5.74, 6) is 1.47. The Morgan fingerprint density at radius 2 is 1.97 bits per heavy atom. The van der Waals surface area contributed by atoms with Crippen LogP contribution in [-0.4, -0.2) is 38.1 Å². The van der Waals surface area contributed by atoms with Gasteiger partial charge in [0.25, 0.3) is 0 Å². The minimum atomic E-state index is -0.295. The van der Waals surface area contributed by atoms with E-state index in [0.717, 1.165) is 59.2 Å². The second-order valence-electron chi connectivity index (χ2n) is 10.3. The molecule has 1 aliphatic heterocycles. The molecule has 6 nitrogen and oxygen atoms in total. The fourth-order valence-electron chi connectivity index (χ4n) is 5.94. The van der Waals surface area contributed by atoms with Crippen molar-refractivity contribution in [1.29, 1.82) is 0 Å². The van der Waals surface area contributed by atoms with Crippen molar-refractivity contribution in [1.82, 2.24) is 30.3 Å². The Bertz CT molecular complexity index is 1440. The number of aromatic nitrogens is 5. The lowest BCUT2D eigenvalue weighted by atomic mass is 9.96. The number of H-pyrrole nitrogens is 1. The summed E-state index contributed by atoms with van der Waals surface area (Å²) >= 11 is 6.55. The number of hydrogen-bond acceptors (Lipinski definition) is 4. The zero-order chi connectivity index (χ0) is 22.6. The Morgan fingerprint density at radius 1 is 1.21 bits per heavy atom. The van der Waals surface area contributed by atoms with Crippen LogP contribution in [0.3, 0.4) is 0 Å². The quantitative estimate of drug-likeness (QED) is 0.420. The first-order valence-corrected chi connectivity index (χ1v) is 12.3. The standard InChI is InChI=1S/C25H26ClFN6/c1-10(2)22-20-23(19-13-7-28-8-14(13)19)32-33(12-4-5-12)25(20)21(27)24(30-22)18-11(3)16(26)6-17-15(18)9-29-31-17/h6,9-10,12-14,19,28H,4-5,7-8H2,1-3H3,(H,29,31)/t13-,14+,19?. The number of nitrogens with zero attached hydrogens (tertiary/aromatic N) is 4. The number of benzene rings is 1. The van der Waals surface area contributed by atoms with Gasteiger partial charge in [0.1, 0.15) is 11.2 Å². The monoisotopic (exact) mass is 464 g/mol. The summed E-state index contributed by atoms with van der Waals surface area (Å²) < 4.78 is 18.5. The Labute approximate surface area is 195 Å². The summed E-state index contributed by atoms with van der Waals surface area (Å²) in [6, 6.07) is 2.12. The van der Waals surface area contributed by atoms with Crippen LogP contribution < -0.4 is 5.32 Å². The van der Waals surface area contributed by atoms with Gasteiger partial charge in [-0.05, 0) is 62.2 Å². The highest BCUT2D eigenvalue weighted by atomic mass is 35.5. The van der Waals surface area contributed by atoms with Crippen molar-refractivity contribution >= 4 is 33.4 Å². The minimum absolute atomic E-state index is 0.137. The van der Waals surface area contributed by atoms with E-state index in [1.807, 2.05) is 17.7 Å². The number of rotatable bonds is 4. The Hall–Kier alpha value is -2.51. The van der Waals surface area contributed by atoms with E-state index in [1.54, 1.807) is 6.20 Å². The van der Waals surface area contributed by atoms with Gasteiger partial charge in [-0.1, -0.05) is 25.4 Å². The number of aromatic amines is 1. The second-order valence-corrected chi connectivity index (χ2v) is 10.7. The molecule has 1 aromatic carbocycles. The van der Waals surface area contributed by atoms with Crippen LogP contribution in [0.4, 0.5) is 4.39 Å². The normalized spacial score (nSPS) is 24.4. The summed E-state index contributed by atoms with van der Waals surface area (Å²) in [5.41, 5.74) is 5.27. The van der Waals surface area contributed by atoms with Gasteiger partial charge in [-0.3, -0.25) is 9.78 Å². The molecular formula is C25H26ClFN6. The lowest BCUT2D eigenvalue weighted by Gasteiger charge is -2.16. The number of pyridine rings is 1. The van der Waals surface area contributed by atoms with E-state index in [0.29, 0.717) is 39.6 Å². The molecule has 4 aromatic rings. The molecule has 2 aliphatic carbocycles. The third-order valence-electron chi connectivity index (χ3n) is 7.87. The fraction of sp³-hybridized carbons (Fsp3) is 0.480. The van der Waals surface area contributed by atoms with Crippen LogP contribution in [0.2, 0.25) is 5.02 Å². The predicted molar refractivity (Wildman–Crippen MR) is 127 cm³/mol. The molecule has 0 radical (unpaired) electrons. The first-order valence-electron chi connectivity index (χ1n) is 11.9. The maximum atomic E-state index is 16.6. The average Bonchev–Trinajstić information content (AvgIpc) is 3.56. The number of piperidine rings is 1. The van der Waals surface area contributed by atoms with E-state index in [2.05, 4.69) is 29.4 Å². The van der Waals surface area contributed by atoms with E-state index in [-0.39, 0.29) is 17.8 Å². The summed E-state index contributed by atoms with van der Waals surface area (Å²) in [6.45, 7) is 8.24. The van der Waals surface area contributed by atoms with Gasteiger partial charge in [-0.25, -0.2) is 9.37 Å². The van der Waals surface area contributed by atoms with Gasteiger partial charge >= 0.3 is 0 Å². The SMILES string of the molecule is Cc1c(Cl)cc2[nH]ncc2c1-c1nc(C(C)C)c2c(C3[C@H]4CNC[C@@H]34)nn(C3CC3)c2c1F. The summed E-state index contributed by atoms with van der Waals surface area (Å²) in [7, 11) is 0. The van der Waals surface area contributed by atoms with Crippen molar-refractivity contribution in [2.45, 2.75) is 51.5 Å². The van der Waals surface area contributed by atoms with Crippen LogP contribution >= 0.6 is 11.6 Å². The molecule has 0 bridgehead atoms. The van der Waals surface area contributed by atoms with Gasteiger partial charge in [0.2, 0.25) is 0 Å². The van der Waals surface area contributed by atoms with Crippen molar-refractivity contribution in [3.8, 4) is 11.3 Å². The van der Waals surface area contributed by atoms with E-state index in [9.17, 15) is 0 Å². The molecule has 0 amide bonds. The van der Waals surface area contributed by atoms with Crippen molar-refractivity contribution in [3.63, 3.8) is 0 Å². The van der Waals surface area contributed by atoms with Crippen molar-refractivity contribution in [2.24, 2.45) is 11.8 Å². The van der Waals surface area contributed by atoms with Crippen LogP contribution in [-0.2, 0) is 0 Å². The van der Waals surface area contributed by atoms with Gasteiger partial charge < -0.3 is 5.32 Å². The minimum Gasteiger partial charge on any atom is -0.316 e. The largest absolute Gasteiger partial charge is 0.316 e. The Balaban J connectivity index is 1.56. The highest BCUT2D eigenvalue weighted by Crippen LogP contribution is 2.58. The molecule has 3 aliphatic rings. The van der Waals surface area contributed by atoms with Crippen LogP contribution in [0.25, 0.3) is 33.1 Å². The smallest absolute Gasteiger partial charge is 0.175 e.